The number of phenols is 1. The van der Waals surface area contributed by atoms with Gasteiger partial charge in [-0.25, -0.2) is 4.39 Å². The van der Waals surface area contributed by atoms with Crippen LogP contribution in [0.5, 0.6) is 11.5 Å². The van der Waals surface area contributed by atoms with Crippen molar-refractivity contribution in [2.75, 3.05) is 7.11 Å². The molecule has 0 saturated heterocycles. The van der Waals surface area contributed by atoms with Crippen LogP contribution in [0.2, 0.25) is 0 Å². The third-order valence-corrected chi connectivity index (χ3v) is 2.68. The summed E-state index contributed by atoms with van der Waals surface area (Å²) in [5.41, 5.74) is 1.63. The minimum Gasteiger partial charge on any atom is -0.507 e. The second-order valence-electron chi connectivity index (χ2n) is 4.14. The molecule has 19 heavy (non-hydrogen) atoms. The molecule has 0 heterocycles. The molecule has 2 rings (SSSR count). The van der Waals surface area contributed by atoms with Gasteiger partial charge in [0.15, 0.2) is 0 Å². The van der Waals surface area contributed by atoms with E-state index in [1.54, 1.807) is 24.3 Å². The number of aliphatic imine (C=N–C) groups is 1. The molecule has 2 aromatic rings. The van der Waals surface area contributed by atoms with Gasteiger partial charge in [0, 0.05) is 11.8 Å². The van der Waals surface area contributed by atoms with Gasteiger partial charge in [-0.05, 0) is 42.8 Å². The van der Waals surface area contributed by atoms with Crippen LogP contribution in [-0.2, 0) is 0 Å². The molecule has 0 bridgehead atoms. The fraction of sp³-hybridized carbons (Fsp3) is 0.133. The van der Waals surface area contributed by atoms with Gasteiger partial charge >= 0.3 is 0 Å². The zero-order chi connectivity index (χ0) is 13.8. The number of rotatable bonds is 3. The van der Waals surface area contributed by atoms with Crippen molar-refractivity contribution in [3.8, 4) is 11.5 Å². The van der Waals surface area contributed by atoms with Crippen LogP contribution in [0.25, 0.3) is 0 Å². The summed E-state index contributed by atoms with van der Waals surface area (Å²) in [5.74, 6) is 0.269. The van der Waals surface area contributed by atoms with E-state index in [1.807, 2.05) is 6.92 Å². The highest BCUT2D eigenvalue weighted by molar-refractivity contribution is 5.86. The van der Waals surface area contributed by atoms with E-state index in [9.17, 15) is 9.50 Å². The van der Waals surface area contributed by atoms with E-state index in [2.05, 4.69) is 4.99 Å². The van der Waals surface area contributed by atoms with E-state index in [0.717, 1.165) is 5.56 Å². The van der Waals surface area contributed by atoms with E-state index in [4.69, 9.17) is 4.74 Å². The van der Waals surface area contributed by atoms with E-state index in [-0.39, 0.29) is 11.4 Å². The van der Waals surface area contributed by atoms with Gasteiger partial charge in [0.1, 0.15) is 17.3 Å². The second-order valence-corrected chi connectivity index (χ2v) is 4.14. The first-order chi connectivity index (χ1) is 9.10. The molecule has 0 aliphatic carbocycles. The maximum atomic E-state index is 13.5. The minimum atomic E-state index is -0.399. The third-order valence-electron chi connectivity index (χ3n) is 2.68. The number of halogens is 1. The fourth-order valence-electron chi connectivity index (χ4n) is 1.62. The van der Waals surface area contributed by atoms with Gasteiger partial charge < -0.3 is 9.84 Å². The maximum absolute atomic E-state index is 13.5. The van der Waals surface area contributed by atoms with Crippen LogP contribution in [0.15, 0.2) is 41.4 Å². The standard InChI is InChI=1S/C15H14FNO2/c1-10-3-5-13(16)14(7-10)17-9-11-8-12(19-2)4-6-15(11)18/h3-9,18H,1-2H3. The number of aromatic hydroxyl groups is 1. The Bertz CT molecular complexity index is 624. The fourth-order valence-corrected chi connectivity index (χ4v) is 1.62. The molecule has 1 N–H and O–H groups in total. The molecule has 0 unspecified atom stereocenters. The van der Waals surface area contributed by atoms with Crippen LogP contribution in [0.3, 0.4) is 0 Å². The molecule has 0 atom stereocenters. The Morgan fingerprint density at radius 2 is 2.00 bits per heavy atom. The van der Waals surface area contributed by atoms with Crippen molar-refractivity contribution in [1.29, 1.82) is 0 Å². The van der Waals surface area contributed by atoms with Crippen LogP contribution in [0, 0.1) is 12.7 Å². The highest BCUT2D eigenvalue weighted by atomic mass is 19.1. The van der Waals surface area contributed by atoms with Crippen LogP contribution < -0.4 is 4.74 Å². The van der Waals surface area contributed by atoms with Gasteiger partial charge in [-0.3, -0.25) is 4.99 Å². The topological polar surface area (TPSA) is 41.8 Å². The van der Waals surface area contributed by atoms with Gasteiger partial charge in [-0.1, -0.05) is 6.07 Å². The lowest BCUT2D eigenvalue weighted by molar-refractivity contribution is 0.412. The van der Waals surface area contributed by atoms with E-state index in [1.165, 1.54) is 25.5 Å². The summed E-state index contributed by atoms with van der Waals surface area (Å²) >= 11 is 0. The molecular formula is C15H14FNO2. The summed E-state index contributed by atoms with van der Waals surface area (Å²) < 4.78 is 18.6. The van der Waals surface area contributed by atoms with Gasteiger partial charge in [-0.15, -0.1) is 0 Å². The minimum absolute atomic E-state index is 0.0672. The normalized spacial score (nSPS) is 10.9. The number of aryl methyl sites for hydroxylation is 1. The number of hydrogen-bond acceptors (Lipinski definition) is 3. The van der Waals surface area contributed by atoms with E-state index in [0.29, 0.717) is 11.3 Å². The molecule has 2 aromatic carbocycles. The molecule has 0 aliphatic heterocycles. The lowest BCUT2D eigenvalue weighted by atomic mass is 10.2. The molecule has 0 aliphatic rings. The van der Waals surface area contributed by atoms with Crippen molar-refractivity contribution >= 4 is 11.9 Å². The average molecular weight is 259 g/mol. The Hall–Kier alpha value is -2.36. The molecule has 0 radical (unpaired) electrons. The predicted molar refractivity (Wildman–Crippen MR) is 73.0 cm³/mol. The number of benzene rings is 2. The summed E-state index contributed by atoms with van der Waals surface area (Å²) in [6.45, 7) is 1.86. The summed E-state index contributed by atoms with van der Waals surface area (Å²) in [4.78, 5) is 4.06. The maximum Gasteiger partial charge on any atom is 0.148 e. The highest BCUT2D eigenvalue weighted by Crippen LogP contribution is 2.23. The molecular weight excluding hydrogens is 245 g/mol. The van der Waals surface area contributed by atoms with Crippen molar-refractivity contribution < 1.29 is 14.2 Å². The Labute approximate surface area is 111 Å². The highest BCUT2D eigenvalue weighted by Gasteiger charge is 2.03. The number of hydrogen-bond donors (Lipinski definition) is 1. The molecule has 0 amide bonds. The van der Waals surface area contributed by atoms with E-state index < -0.39 is 5.82 Å². The molecule has 3 nitrogen and oxygen atoms in total. The summed E-state index contributed by atoms with van der Waals surface area (Å²) in [7, 11) is 1.54. The largest absolute Gasteiger partial charge is 0.507 e. The van der Waals surface area contributed by atoms with Crippen molar-refractivity contribution in [3.63, 3.8) is 0 Å². The molecule has 4 heteroatoms. The van der Waals surface area contributed by atoms with Crippen molar-refractivity contribution in [3.05, 3.63) is 53.3 Å². The van der Waals surface area contributed by atoms with Gasteiger partial charge in [0.25, 0.3) is 0 Å². The van der Waals surface area contributed by atoms with Gasteiger partial charge in [0.2, 0.25) is 0 Å². The van der Waals surface area contributed by atoms with Crippen molar-refractivity contribution in [1.82, 2.24) is 0 Å². The first-order valence-electron chi connectivity index (χ1n) is 5.77. The molecule has 0 aromatic heterocycles. The molecule has 0 spiro atoms. The summed E-state index contributed by atoms with van der Waals surface area (Å²) in [6, 6.07) is 9.47. The number of methoxy groups -OCH3 is 1. The SMILES string of the molecule is COc1ccc(O)c(C=Nc2cc(C)ccc2F)c1. The monoisotopic (exact) mass is 259 g/mol. The summed E-state index contributed by atoms with van der Waals surface area (Å²) in [6.07, 6.45) is 1.41. The number of nitrogens with zero attached hydrogens (tertiary/aromatic N) is 1. The van der Waals surface area contributed by atoms with Crippen LogP contribution in [-0.4, -0.2) is 18.4 Å². The summed E-state index contributed by atoms with van der Waals surface area (Å²) in [5, 5.41) is 9.69. The number of phenolic OH excluding ortho intramolecular Hbond substituents is 1. The lowest BCUT2D eigenvalue weighted by Gasteiger charge is -2.03. The Kier molecular flexibility index (Phi) is 3.80. The first-order valence-corrected chi connectivity index (χ1v) is 5.77. The Morgan fingerprint density at radius 3 is 2.74 bits per heavy atom. The number of ether oxygens (including phenoxy) is 1. The first kappa shape index (κ1) is 13.1. The Balaban J connectivity index is 2.34. The third kappa shape index (κ3) is 3.10. The quantitative estimate of drug-likeness (QED) is 0.856. The zero-order valence-corrected chi connectivity index (χ0v) is 10.7. The average Bonchev–Trinajstić information content (AvgIpc) is 2.41. The smallest absolute Gasteiger partial charge is 0.148 e. The van der Waals surface area contributed by atoms with Crippen LogP contribution in [0.4, 0.5) is 10.1 Å². The second kappa shape index (κ2) is 5.52. The Morgan fingerprint density at radius 1 is 1.21 bits per heavy atom. The van der Waals surface area contributed by atoms with Crippen LogP contribution in [0.1, 0.15) is 11.1 Å². The predicted octanol–water partition coefficient (Wildman–Crippen LogP) is 3.60. The molecule has 0 fully saturated rings. The molecule has 0 saturated carbocycles. The van der Waals surface area contributed by atoms with Crippen molar-refractivity contribution in [2.45, 2.75) is 6.92 Å². The van der Waals surface area contributed by atoms with Crippen LogP contribution >= 0.6 is 0 Å². The molecule has 98 valence electrons. The van der Waals surface area contributed by atoms with Gasteiger partial charge in [-0.2, -0.15) is 0 Å². The van der Waals surface area contributed by atoms with Crippen molar-refractivity contribution in [2.24, 2.45) is 4.99 Å². The van der Waals surface area contributed by atoms with E-state index >= 15 is 0 Å². The lowest BCUT2D eigenvalue weighted by Crippen LogP contribution is -1.87. The zero-order valence-electron chi connectivity index (χ0n) is 10.7. The van der Waals surface area contributed by atoms with Gasteiger partial charge in [0.05, 0.1) is 12.8 Å².